The van der Waals surface area contributed by atoms with Gasteiger partial charge in [0.25, 0.3) is 0 Å². The van der Waals surface area contributed by atoms with Crippen LogP contribution in [0.25, 0.3) is 0 Å². The Labute approximate surface area is 139 Å². The van der Waals surface area contributed by atoms with Crippen molar-refractivity contribution in [2.75, 3.05) is 32.7 Å². The van der Waals surface area contributed by atoms with E-state index in [0.717, 1.165) is 32.6 Å². The van der Waals surface area contributed by atoms with E-state index in [9.17, 15) is 4.79 Å². The van der Waals surface area contributed by atoms with Crippen molar-refractivity contribution < 1.29 is 9.90 Å². The molecule has 1 unspecified atom stereocenters. The lowest BCUT2D eigenvalue weighted by Crippen LogP contribution is -2.44. The van der Waals surface area contributed by atoms with E-state index in [-0.39, 0.29) is 0 Å². The SMILES string of the molecule is O=C(O)CCCN1CCC2(CCCN(Cc3ccccc3)C2)C1. The standard InChI is InChI=1S/C19H28N2O2/c22-18(23)8-4-11-20-13-10-19(15-20)9-5-12-21(16-19)14-17-6-2-1-3-7-17/h1-3,6-7H,4-5,8-16H2,(H,22,23). The molecular weight excluding hydrogens is 288 g/mol. The van der Waals surface area contributed by atoms with E-state index in [1.165, 1.54) is 37.9 Å². The average Bonchev–Trinajstić information content (AvgIpc) is 2.90. The van der Waals surface area contributed by atoms with Crippen LogP contribution in [0.2, 0.25) is 0 Å². The molecule has 1 N–H and O–H groups in total. The van der Waals surface area contributed by atoms with Gasteiger partial charge in [-0.05, 0) is 56.3 Å². The normalized spacial score (nSPS) is 25.9. The van der Waals surface area contributed by atoms with Crippen LogP contribution < -0.4 is 0 Å². The predicted molar refractivity (Wildman–Crippen MR) is 91.3 cm³/mol. The van der Waals surface area contributed by atoms with Crippen molar-refractivity contribution in [2.24, 2.45) is 5.41 Å². The Kier molecular flexibility index (Phi) is 5.34. The van der Waals surface area contributed by atoms with Gasteiger partial charge in [-0.15, -0.1) is 0 Å². The summed E-state index contributed by atoms with van der Waals surface area (Å²) in [7, 11) is 0. The van der Waals surface area contributed by atoms with E-state index < -0.39 is 5.97 Å². The summed E-state index contributed by atoms with van der Waals surface area (Å²) in [6.45, 7) is 6.68. The fourth-order valence-electron chi connectivity index (χ4n) is 4.29. The molecule has 4 nitrogen and oxygen atoms in total. The molecule has 0 amide bonds. The largest absolute Gasteiger partial charge is 0.481 e. The topological polar surface area (TPSA) is 43.8 Å². The van der Waals surface area contributed by atoms with Crippen molar-refractivity contribution in [2.45, 2.75) is 38.6 Å². The van der Waals surface area contributed by atoms with E-state index in [1.807, 2.05) is 0 Å². The van der Waals surface area contributed by atoms with E-state index in [4.69, 9.17) is 5.11 Å². The maximum Gasteiger partial charge on any atom is 0.303 e. The number of aliphatic carboxylic acids is 1. The number of hydrogen-bond acceptors (Lipinski definition) is 3. The van der Waals surface area contributed by atoms with Crippen LogP contribution in [-0.4, -0.2) is 53.6 Å². The molecule has 2 heterocycles. The van der Waals surface area contributed by atoms with Gasteiger partial charge in [0.05, 0.1) is 0 Å². The van der Waals surface area contributed by atoms with Crippen molar-refractivity contribution in [3.63, 3.8) is 0 Å². The molecule has 1 atom stereocenters. The van der Waals surface area contributed by atoms with Crippen LogP contribution in [0.15, 0.2) is 30.3 Å². The van der Waals surface area contributed by atoms with Gasteiger partial charge in [-0.2, -0.15) is 0 Å². The highest BCUT2D eigenvalue weighted by Gasteiger charge is 2.40. The molecule has 0 aliphatic carbocycles. The van der Waals surface area contributed by atoms with Crippen LogP contribution in [0.3, 0.4) is 0 Å². The number of rotatable bonds is 6. The minimum Gasteiger partial charge on any atom is -0.481 e. The minimum absolute atomic E-state index is 0.295. The summed E-state index contributed by atoms with van der Waals surface area (Å²) in [4.78, 5) is 15.8. The monoisotopic (exact) mass is 316 g/mol. The van der Waals surface area contributed by atoms with E-state index in [0.29, 0.717) is 11.8 Å². The van der Waals surface area contributed by atoms with Gasteiger partial charge in [-0.3, -0.25) is 9.69 Å². The first-order valence-corrected chi connectivity index (χ1v) is 8.86. The first-order chi connectivity index (χ1) is 11.2. The Balaban J connectivity index is 1.51. The zero-order valence-corrected chi connectivity index (χ0v) is 13.9. The van der Waals surface area contributed by atoms with Gasteiger partial charge < -0.3 is 10.0 Å². The first-order valence-electron chi connectivity index (χ1n) is 8.86. The zero-order chi connectivity index (χ0) is 16.1. The number of benzene rings is 1. The van der Waals surface area contributed by atoms with Crippen LogP contribution in [0.5, 0.6) is 0 Å². The van der Waals surface area contributed by atoms with Gasteiger partial charge in [0.1, 0.15) is 0 Å². The average molecular weight is 316 g/mol. The van der Waals surface area contributed by atoms with Crippen LogP contribution >= 0.6 is 0 Å². The lowest BCUT2D eigenvalue weighted by Gasteiger charge is -2.40. The number of carboxylic acid groups (broad SMARTS) is 1. The summed E-state index contributed by atoms with van der Waals surface area (Å²) in [5.41, 5.74) is 1.84. The molecule has 0 bridgehead atoms. The fraction of sp³-hybridized carbons (Fsp3) is 0.632. The Morgan fingerprint density at radius 2 is 1.87 bits per heavy atom. The summed E-state index contributed by atoms with van der Waals surface area (Å²) >= 11 is 0. The number of piperidine rings is 1. The highest BCUT2D eigenvalue weighted by atomic mass is 16.4. The maximum absolute atomic E-state index is 10.7. The van der Waals surface area contributed by atoms with Crippen molar-refractivity contribution in [3.8, 4) is 0 Å². The van der Waals surface area contributed by atoms with Crippen LogP contribution in [0.4, 0.5) is 0 Å². The van der Waals surface area contributed by atoms with Crippen LogP contribution in [-0.2, 0) is 11.3 Å². The van der Waals surface area contributed by atoms with Crippen molar-refractivity contribution in [3.05, 3.63) is 35.9 Å². The Bertz CT molecular complexity index is 519. The van der Waals surface area contributed by atoms with Crippen molar-refractivity contribution in [1.82, 2.24) is 9.80 Å². The summed E-state index contributed by atoms with van der Waals surface area (Å²) in [5, 5.41) is 8.78. The lowest BCUT2D eigenvalue weighted by atomic mass is 9.79. The number of nitrogens with zero attached hydrogens (tertiary/aromatic N) is 2. The van der Waals surface area contributed by atoms with Gasteiger partial charge in [-0.25, -0.2) is 0 Å². The van der Waals surface area contributed by atoms with E-state index in [2.05, 4.69) is 40.1 Å². The third kappa shape index (κ3) is 4.55. The smallest absolute Gasteiger partial charge is 0.303 e. The van der Waals surface area contributed by atoms with Gasteiger partial charge in [0.2, 0.25) is 0 Å². The van der Waals surface area contributed by atoms with Gasteiger partial charge in [-0.1, -0.05) is 30.3 Å². The first kappa shape index (κ1) is 16.5. The third-order valence-electron chi connectivity index (χ3n) is 5.37. The molecule has 2 fully saturated rings. The highest BCUT2D eigenvalue weighted by Crippen LogP contribution is 2.39. The number of carbonyl (C=O) groups is 1. The quantitative estimate of drug-likeness (QED) is 0.876. The van der Waals surface area contributed by atoms with Gasteiger partial charge >= 0.3 is 5.97 Å². The molecule has 2 saturated heterocycles. The summed E-state index contributed by atoms with van der Waals surface area (Å²) in [5.74, 6) is -0.675. The fourth-order valence-corrected chi connectivity index (χ4v) is 4.29. The second-order valence-corrected chi connectivity index (χ2v) is 7.32. The Morgan fingerprint density at radius 1 is 1.09 bits per heavy atom. The highest BCUT2D eigenvalue weighted by molar-refractivity contribution is 5.66. The second kappa shape index (κ2) is 7.45. The molecule has 0 aromatic heterocycles. The summed E-state index contributed by atoms with van der Waals surface area (Å²) in [6.07, 6.45) is 4.96. The Morgan fingerprint density at radius 3 is 2.65 bits per heavy atom. The molecule has 2 aliphatic rings. The molecule has 0 saturated carbocycles. The van der Waals surface area contributed by atoms with Crippen molar-refractivity contribution in [1.29, 1.82) is 0 Å². The number of carboxylic acids is 1. The van der Waals surface area contributed by atoms with Crippen LogP contribution in [0.1, 0.15) is 37.7 Å². The number of likely N-dealkylation sites (tertiary alicyclic amines) is 2. The molecule has 0 radical (unpaired) electrons. The molecule has 23 heavy (non-hydrogen) atoms. The zero-order valence-electron chi connectivity index (χ0n) is 13.9. The molecule has 126 valence electrons. The van der Waals surface area contributed by atoms with Crippen molar-refractivity contribution >= 4 is 5.97 Å². The molecule has 1 aromatic carbocycles. The minimum atomic E-state index is -0.675. The summed E-state index contributed by atoms with van der Waals surface area (Å²) < 4.78 is 0. The molecule has 1 spiro atoms. The molecule has 3 rings (SSSR count). The maximum atomic E-state index is 10.7. The predicted octanol–water partition coefficient (Wildman–Crippen LogP) is 2.84. The van der Waals surface area contributed by atoms with Gasteiger partial charge in [0.15, 0.2) is 0 Å². The third-order valence-corrected chi connectivity index (χ3v) is 5.37. The molecule has 1 aromatic rings. The number of hydrogen-bond donors (Lipinski definition) is 1. The molecule has 4 heteroatoms. The van der Waals surface area contributed by atoms with Gasteiger partial charge in [0, 0.05) is 26.1 Å². The molecular formula is C19H28N2O2. The summed E-state index contributed by atoms with van der Waals surface area (Å²) in [6, 6.07) is 10.7. The van der Waals surface area contributed by atoms with E-state index >= 15 is 0 Å². The van der Waals surface area contributed by atoms with E-state index in [1.54, 1.807) is 0 Å². The molecule has 2 aliphatic heterocycles. The lowest BCUT2D eigenvalue weighted by molar-refractivity contribution is -0.137. The van der Waals surface area contributed by atoms with Crippen LogP contribution in [0, 0.1) is 5.41 Å². The Hall–Kier alpha value is -1.39. The second-order valence-electron chi connectivity index (χ2n) is 7.32.